The van der Waals surface area contributed by atoms with Crippen molar-refractivity contribution in [3.8, 4) is 34.5 Å². The van der Waals surface area contributed by atoms with Gasteiger partial charge in [0.1, 0.15) is 0 Å². The third kappa shape index (κ3) is 3.81. The Bertz CT molecular complexity index is 758. The molecule has 0 saturated heterocycles. The van der Waals surface area contributed by atoms with Crippen LogP contribution in [-0.2, 0) is 0 Å². The van der Waals surface area contributed by atoms with Crippen LogP contribution < -0.4 is 28.4 Å². The van der Waals surface area contributed by atoms with Crippen molar-refractivity contribution in [2.24, 2.45) is 0 Å². The lowest BCUT2D eigenvalue weighted by atomic mass is 9.89. The van der Waals surface area contributed by atoms with Crippen LogP contribution in [0.4, 0.5) is 0 Å². The first-order valence-electron chi connectivity index (χ1n) is 9.80. The predicted molar refractivity (Wildman–Crippen MR) is 113 cm³/mol. The molecule has 0 radical (unpaired) electrons. The van der Waals surface area contributed by atoms with Gasteiger partial charge >= 0.3 is 0 Å². The molecule has 1 saturated carbocycles. The summed E-state index contributed by atoms with van der Waals surface area (Å²) in [5, 5.41) is 11.2. The minimum Gasteiger partial charge on any atom is -0.493 e. The van der Waals surface area contributed by atoms with Crippen molar-refractivity contribution in [1.29, 1.82) is 0 Å². The molecule has 2 atom stereocenters. The molecule has 2 unspecified atom stereocenters. The highest BCUT2D eigenvalue weighted by Gasteiger charge is 2.38. The standard InChI is InChI=1S/C23H30O7/c1-25-17-9-13(10-18(26-2)22(17)29-5)15-7-8-16(21(15)24)14-11-19(27-3)23(30-6)20(12-14)28-4/h9-12,15-16,21,24H,7-8H2,1-6H3. The van der Waals surface area contributed by atoms with Gasteiger partial charge in [-0.3, -0.25) is 0 Å². The zero-order valence-electron chi connectivity index (χ0n) is 18.4. The molecule has 7 heteroatoms. The molecule has 1 N–H and O–H groups in total. The predicted octanol–water partition coefficient (Wildman–Crippen LogP) is 3.76. The van der Waals surface area contributed by atoms with Gasteiger partial charge in [-0.15, -0.1) is 0 Å². The Labute approximate surface area is 177 Å². The number of hydrogen-bond donors (Lipinski definition) is 1. The largest absolute Gasteiger partial charge is 0.493 e. The molecular weight excluding hydrogens is 388 g/mol. The average molecular weight is 418 g/mol. The minimum absolute atomic E-state index is 0.0669. The number of methoxy groups -OCH3 is 6. The zero-order chi connectivity index (χ0) is 21.8. The van der Waals surface area contributed by atoms with Gasteiger partial charge in [0, 0.05) is 11.8 Å². The fourth-order valence-corrected chi connectivity index (χ4v) is 4.34. The zero-order valence-corrected chi connectivity index (χ0v) is 18.4. The van der Waals surface area contributed by atoms with Gasteiger partial charge in [0.25, 0.3) is 0 Å². The fraction of sp³-hybridized carbons (Fsp3) is 0.478. The first-order valence-corrected chi connectivity index (χ1v) is 9.80. The summed E-state index contributed by atoms with van der Waals surface area (Å²) in [5.74, 6) is 3.26. The van der Waals surface area contributed by atoms with E-state index in [9.17, 15) is 5.11 Å². The van der Waals surface area contributed by atoms with Gasteiger partial charge in [-0.2, -0.15) is 0 Å². The first-order chi connectivity index (χ1) is 14.5. The lowest BCUT2D eigenvalue weighted by Gasteiger charge is -2.23. The summed E-state index contributed by atoms with van der Waals surface area (Å²) >= 11 is 0. The highest BCUT2D eigenvalue weighted by atomic mass is 16.5. The summed E-state index contributed by atoms with van der Waals surface area (Å²) in [7, 11) is 9.50. The summed E-state index contributed by atoms with van der Waals surface area (Å²) in [6, 6.07) is 7.64. The molecule has 7 nitrogen and oxygen atoms in total. The van der Waals surface area contributed by atoms with E-state index in [0.29, 0.717) is 34.5 Å². The van der Waals surface area contributed by atoms with Crippen molar-refractivity contribution in [2.75, 3.05) is 42.7 Å². The highest BCUT2D eigenvalue weighted by molar-refractivity contribution is 5.56. The normalized spacial score (nSPS) is 20.6. The van der Waals surface area contributed by atoms with Crippen LogP contribution in [0.5, 0.6) is 34.5 Å². The maximum absolute atomic E-state index is 11.2. The maximum Gasteiger partial charge on any atom is 0.203 e. The SMILES string of the molecule is COc1cc(C2CCC(c3cc(OC)c(OC)c(OC)c3)C2O)cc(OC)c1OC. The van der Waals surface area contributed by atoms with Gasteiger partial charge in [-0.05, 0) is 48.2 Å². The molecule has 0 amide bonds. The minimum atomic E-state index is -0.587. The van der Waals surface area contributed by atoms with E-state index >= 15 is 0 Å². The molecule has 1 aliphatic carbocycles. The lowest BCUT2D eigenvalue weighted by molar-refractivity contribution is 0.145. The monoisotopic (exact) mass is 418 g/mol. The number of aliphatic hydroxyl groups excluding tert-OH is 1. The van der Waals surface area contributed by atoms with Crippen molar-refractivity contribution in [3.05, 3.63) is 35.4 Å². The summed E-state index contributed by atoms with van der Waals surface area (Å²) in [6.07, 6.45) is 1.05. The van der Waals surface area contributed by atoms with Gasteiger partial charge in [-0.1, -0.05) is 0 Å². The van der Waals surface area contributed by atoms with Crippen LogP contribution in [0.2, 0.25) is 0 Å². The van der Waals surface area contributed by atoms with Crippen LogP contribution in [-0.4, -0.2) is 53.9 Å². The summed E-state index contributed by atoms with van der Waals surface area (Å²) in [4.78, 5) is 0. The fourth-order valence-electron chi connectivity index (χ4n) is 4.34. The molecular formula is C23H30O7. The van der Waals surface area contributed by atoms with E-state index < -0.39 is 6.10 Å². The lowest BCUT2D eigenvalue weighted by Crippen LogP contribution is -2.19. The molecule has 0 spiro atoms. The second-order valence-corrected chi connectivity index (χ2v) is 7.20. The van der Waals surface area contributed by atoms with E-state index in [2.05, 4.69) is 0 Å². The van der Waals surface area contributed by atoms with Gasteiger partial charge in [0.05, 0.1) is 48.8 Å². The van der Waals surface area contributed by atoms with E-state index in [1.165, 1.54) is 0 Å². The molecule has 3 rings (SSSR count). The van der Waals surface area contributed by atoms with Crippen molar-refractivity contribution in [3.63, 3.8) is 0 Å². The maximum atomic E-state index is 11.2. The van der Waals surface area contributed by atoms with Crippen LogP contribution >= 0.6 is 0 Å². The molecule has 0 aromatic heterocycles. The van der Waals surface area contributed by atoms with Crippen LogP contribution in [0.15, 0.2) is 24.3 Å². The van der Waals surface area contributed by atoms with E-state index in [1.54, 1.807) is 42.7 Å². The molecule has 0 heterocycles. The number of hydrogen-bond acceptors (Lipinski definition) is 7. The topological polar surface area (TPSA) is 75.6 Å². The van der Waals surface area contributed by atoms with Gasteiger partial charge in [-0.25, -0.2) is 0 Å². The molecule has 0 aliphatic heterocycles. The molecule has 30 heavy (non-hydrogen) atoms. The number of benzene rings is 2. The summed E-state index contributed by atoms with van der Waals surface area (Å²) in [5.41, 5.74) is 1.90. The number of rotatable bonds is 8. The molecule has 2 aromatic rings. The Balaban J connectivity index is 1.96. The van der Waals surface area contributed by atoms with Crippen LogP contribution in [0.25, 0.3) is 0 Å². The van der Waals surface area contributed by atoms with Crippen molar-refractivity contribution >= 4 is 0 Å². The molecule has 0 bridgehead atoms. The Hall–Kier alpha value is -2.80. The van der Waals surface area contributed by atoms with E-state index in [1.807, 2.05) is 24.3 Å². The van der Waals surface area contributed by atoms with Crippen molar-refractivity contribution in [1.82, 2.24) is 0 Å². The summed E-state index contributed by atoms with van der Waals surface area (Å²) in [6.45, 7) is 0. The molecule has 2 aromatic carbocycles. The highest BCUT2D eigenvalue weighted by Crippen LogP contribution is 2.50. The Morgan fingerprint density at radius 1 is 0.567 bits per heavy atom. The third-order valence-electron chi connectivity index (χ3n) is 5.84. The smallest absolute Gasteiger partial charge is 0.203 e. The second kappa shape index (κ2) is 9.34. The van der Waals surface area contributed by atoms with Crippen molar-refractivity contribution in [2.45, 2.75) is 30.8 Å². The second-order valence-electron chi connectivity index (χ2n) is 7.20. The van der Waals surface area contributed by atoms with Crippen LogP contribution in [0.3, 0.4) is 0 Å². The number of aliphatic hydroxyl groups is 1. The number of ether oxygens (including phenoxy) is 6. The Morgan fingerprint density at radius 2 is 0.867 bits per heavy atom. The Morgan fingerprint density at radius 3 is 1.10 bits per heavy atom. The molecule has 1 fully saturated rings. The third-order valence-corrected chi connectivity index (χ3v) is 5.84. The molecule has 1 aliphatic rings. The van der Waals surface area contributed by atoms with Crippen molar-refractivity contribution < 1.29 is 33.5 Å². The van der Waals surface area contributed by atoms with E-state index in [-0.39, 0.29) is 11.8 Å². The Kier molecular flexibility index (Phi) is 6.82. The van der Waals surface area contributed by atoms with Gasteiger partial charge in [0.2, 0.25) is 11.5 Å². The summed E-state index contributed by atoms with van der Waals surface area (Å²) < 4.78 is 32.7. The molecule has 164 valence electrons. The van der Waals surface area contributed by atoms with Gasteiger partial charge in [0.15, 0.2) is 23.0 Å². The first kappa shape index (κ1) is 21.9. The van der Waals surface area contributed by atoms with E-state index in [0.717, 1.165) is 24.0 Å². The van der Waals surface area contributed by atoms with Gasteiger partial charge < -0.3 is 33.5 Å². The average Bonchev–Trinajstić information content (AvgIpc) is 3.17. The van der Waals surface area contributed by atoms with E-state index in [4.69, 9.17) is 28.4 Å². The van der Waals surface area contributed by atoms with Crippen LogP contribution in [0.1, 0.15) is 35.8 Å². The van der Waals surface area contributed by atoms with Crippen LogP contribution in [0, 0.1) is 0 Å². The quantitative estimate of drug-likeness (QED) is 0.700.